The van der Waals surface area contributed by atoms with Crippen LogP contribution < -0.4 is 4.74 Å². The van der Waals surface area contributed by atoms with Gasteiger partial charge in [0.1, 0.15) is 5.82 Å². The van der Waals surface area contributed by atoms with Gasteiger partial charge in [0.15, 0.2) is 11.6 Å². The molecule has 2 unspecified atom stereocenters. The molecule has 0 aliphatic carbocycles. The van der Waals surface area contributed by atoms with Crippen LogP contribution in [0.3, 0.4) is 0 Å². The van der Waals surface area contributed by atoms with Crippen LogP contribution in [0.25, 0.3) is 22.3 Å². The smallest absolute Gasteiger partial charge is 0.201 e. The molecular formula is C33H37F3O2. The van der Waals surface area contributed by atoms with Gasteiger partial charge in [0.05, 0.1) is 19.3 Å². The van der Waals surface area contributed by atoms with Gasteiger partial charge in [0.25, 0.3) is 0 Å². The summed E-state index contributed by atoms with van der Waals surface area (Å²) >= 11 is 0. The van der Waals surface area contributed by atoms with Gasteiger partial charge in [-0.3, -0.25) is 0 Å². The number of halogens is 3. The first-order valence-electron chi connectivity index (χ1n) is 13.8. The van der Waals surface area contributed by atoms with E-state index in [1.807, 2.05) is 19.1 Å². The molecule has 1 aliphatic rings. The van der Waals surface area contributed by atoms with E-state index in [2.05, 4.69) is 13.0 Å². The minimum absolute atomic E-state index is 0.0696. The van der Waals surface area contributed by atoms with Crippen molar-refractivity contribution in [2.75, 3.05) is 13.2 Å². The summed E-state index contributed by atoms with van der Waals surface area (Å²) in [5.74, 6) is -1.91. The van der Waals surface area contributed by atoms with Crippen LogP contribution in [0.1, 0.15) is 70.5 Å². The van der Waals surface area contributed by atoms with Gasteiger partial charge in [-0.1, -0.05) is 81.2 Å². The summed E-state index contributed by atoms with van der Waals surface area (Å²) in [7, 11) is 0. The fourth-order valence-electron chi connectivity index (χ4n) is 5.01. The number of unbranched alkanes of at least 4 members (excludes halogenated alkanes) is 4. The zero-order chi connectivity index (χ0) is 26.9. The van der Waals surface area contributed by atoms with Gasteiger partial charge < -0.3 is 9.47 Å². The zero-order valence-electron chi connectivity index (χ0n) is 22.3. The molecule has 3 aromatic rings. The molecule has 1 saturated heterocycles. The van der Waals surface area contributed by atoms with E-state index in [9.17, 15) is 8.78 Å². The fourth-order valence-corrected chi connectivity index (χ4v) is 5.01. The lowest BCUT2D eigenvalue weighted by Crippen LogP contribution is -2.19. The molecule has 1 heterocycles. The molecule has 0 amide bonds. The Kier molecular flexibility index (Phi) is 10.1. The molecule has 0 radical (unpaired) electrons. The van der Waals surface area contributed by atoms with E-state index in [0.29, 0.717) is 35.8 Å². The van der Waals surface area contributed by atoms with E-state index < -0.39 is 11.6 Å². The maximum atomic E-state index is 15.1. The molecule has 2 atom stereocenters. The zero-order valence-corrected chi connectivity index (χ0v) is 22.3. The summed E-state index contributed by atoms with van der Waals surface area (Å²) in [5.41, 5.74) is 2.62. The molecule has 0 saturated carbocycles. The summed E-state index contributed by atoms with van der Waals surface area (Å²) in [6.45, 7) is 5.16. The maximum Gasteiger partial charge on any atom is 0.201 e. The Hall–Kier alpha value is -3.05. The summed E-state index contributed by atoms with van der Waals surface area (Å²) in [6, 6.07) is 15.0. The minimum atomic E-state index is -0.983. The Morgan fingerprint density at radius 2 is 1.55 bits per heavy atom. The van der Waals surface area contributed by atoms with Crippen molar-refractivity contribution in [1.82, 2.24) is 0 Å². The highest BCUT2D eigenvalue weighted by Gasteiger charge is 2.22. The minimum Gasteiger partial charge on any atom is -0.490 e. The second kappa shape index (κ2) is 13.7. The van der Waals surface area contributed by atoms with Crippen molar-refractivity contribution < 1.29 is 22.6 Å². The number of hydrogen-bond acceptors (Lipinski definition) is 2. The van der Waals surface area contributed by atoms with Crippen LogP contribution in [0.2, 0.25) is 0 Å². The predicted octanol–water partition coefficient (Wildman–Crippen LogP) is 9.83. The average molecular weight is 523 g/mol. The average Bonchev–Trinajstić information content (AvgIpc) is 2.94. The molecular weight excluding hydrogens is 485 g/mol. The molecule has 0 N–H and O–H groups in total. The molecule has 4 rings (SSSR count). The molecule has 0 bridgehead atoms. The van der Waals surface area contributed by atoms with E-state index in [1.54, 1.807) is 36.4 Å². The van der Waals surface area contributed by atoms with Crippen LogP contribution in [0.4, 0.5) is 13.2 Å². The monoisotopic (exact) mass is 522 g/mol. The van der Waals surface area contributed by atoms with Gasteiger partial charge in [0, 0.05) is 17.0 Å². The summed E-state index contributed by atoms with van der Waals surface area (Å²) < 4.78 is 56.1. The van der Waals surface area contributed by atoms with Crippen LogP contribution in [0.5, 0.6) is 5.75 Å². The van der Waals surface area contributed by atoms with Gasteiger partial charge in [-0.05, 0) is 61.1 Å². The highest BCUT2D eigenvalue weighted by atomic mass is 19.2. The molecule has 1 fully saturated rings. The van der Waals surface area contributed by atoms with E-state index >= 15 is 4.39 Å². The van der Waals surface area contributed by atoms with Crippen molar-refractivity contribution in [3.05, 3.63) is 89.8 Å². The number of ether oxygens (including phenoxy) is 2. The fraction of sp³-hybridized carbons (Fsp3) is 0.394. The van der Waals surface area contributed by atoms with Gasteiger partial charge >= 0.3 is 0 Å². The van der Waals surface area contributed by atoms with Gasteiger partial charge in [-0.2, -0.15) is 4.39 Å². The summed E-state index contributed by atoms with van der Waals surface area (Å²) in [5, 5.41) is 0. The number of hydrogen-bond donors (Lipinski definition) is 0. The summed E-state index contributed by atoms with van der Waals surface area (Å²) in [6.07, 6.45) is 11.2. The first-order chi connectivity index (χ1) is 18.5. The highest BCUT2D eigenvalue weighted by Crippen LogP contribution is 2.35. The Bertz CT molecular complexity index is 1210. The second-order valence-electron chi connectivity index (χ2n) is 10.0. The lowest BCUT2D eigenvalue weighted by molar-refractivity contribution is -0.00538. The molecule has 0 aromatic heterocycles. The maximum absolute atomic E-state index is 15.1. The van der Waals surface area contributed by atoms with Crippen LogP contribution in [-0.2, 0) is 4.74 Å². The van der Waals surface area contributed by atoms with E-state index in [4.69, 9.17) is 9.47 Å². The first-order valence-corrected chi connectivity index (χ1v) is 13.8. The molecule has 5 heteroatoms. The van der Waals surface area contributed by atoms with Crippen molar-refractivity contribution in [1.29, 1.82) is 0 Å². The molecule has 202 valence electrons. The third kappa shape index (κ3) is 6.87. The standard InChI is InChI=1S/C33H37F3O2/c1-3-5-6-7-8-20-37-31-19-17-28(32(35)33(31)36)25-13-11-24(12-14-25)27-16-15-26(21-29(27)34)30-18-10-23(9-4-2)22-38-30/h4,9,11-17,19,21,23,30H,3,5-8,10,18,20,22H2,1-2H3. The lowest BCUT2D eigenvalue weighted by atomic mass is 9.93. The molecule has 1 aliphatic heterocycles. The topological polar surface area (TPSA) is 18.5 Å². The second-order valence-corrected chi connectivity index (χ2v) is 10.0. The van der Waals surface area contributed by atoms with Crippen LogP contribution in [-0.4, -0.2) is 13.2 Å². The van der Waals surface area contributed by atoms with Crippen LogP contribution >= 0.6 is 0 Å². The SMILES string of the molecule is CC=CC1CCC(c2ccc(-c3ccc(-c4ccc(OCCCCCCC)c(F)c4F)cc3)c(F)c2)OC1. The molecule has 2 nitrogen and oxygen atoms in total. The Morgan fingerprint density at radius 1 is 0.842 bits per heavy atom. The van der Waals surface area contributed by atoms with Crippen molar-refractivity contribution in [2.24, 2.45) is 5.92 Å². The Labute approximate surface area is 224 Å². The van der Waals surface area contributed by atoms with Crippen LogP contribution in [0, 0.1) is 23.4 Å². The van der Waals surface area contributed by atoms with Crippen molar-refractivity contribution in [3.63, 3.8) is 0 Å². The third-order valence-electron chi connectivity index (χ3n) is 7.20. The normalized spacial score (nSPS) is 17.7. The number of rotatable bonds is 11. The molecule has 3 aromatic carbocycles. The third-order valence-corrected chi connectivity index (χ3v) is 7.20. The Morgan fingerprint density at radius 3 is 2.21 bits per heavy atom. The van der Waals surface area contributed by atoms with Crippen molar-refractivity contribution in [3.8, 4) is 28.0 Å². The lowest BCUT2D eigenvalue weighted by Gasteiger charge is -2.28. The van der Waals surface area contributed by atoms with Crippen molar-refractivity contribution >= 4 is 0 Å². The van der Waals surface area contributed by atoms with Gasteiger partial charge in [0.2, 0.25) is 5.82 Å². The number of benzene rings is 3. The van der Waals surface area contributed by atoms with E-state index in [0.717, 1.165) is 44.1 Å². The Balaban J connectivity index is 1.41. The van der Waals surface area contributed by atoms with E-state index in [1.165, 1.54) is 18.6 Å². The van der Waals surface area contributed by atoms with E-state index in [-0.39, 0.29) is 23.2 Å². The molecule has 38 heavy (non-hydrogen) atoms. The first kappa shape index (κ1) is 28.0. The summed E-state index contributed by atoms with van der Waals surface area (Å²) in [4.78, 5) is 0. The highest BCUT2D eigenvalue weighted by molar-refractivity contribution is 5.71. The van der Waals surface area contributed by atoms with Crippen LogP contribution in [0.15, 0.2) is 66.7 Å². The van der Waals surface area contributed by atoms with Gasteiger partial charge in [-0.15, -0.1) is 0 Å². The van der Waals surface area contributed by atoms with Gasteiger partial charge in [-0.25, -0.2) is 8.78 Å². The largest absolute Gasteiger partial charge is 0.490 e. The quantitative estimate of drug-likeness (QED) is 0.184. The van der Waals surface area contributed by atoms with Crippen molar-refractivity contribution in [2.45, 2.75) is 64.9 Å². The predicted molar refractivity (Wildman–Crippen MR) is 148 cm³/mol. The number of allylic oxidation sites excluding steroid dienone is 1. The molecule has 0 spiro atoms.